The average molecular weight is 198 g/mol. The first kappa shape index (κ1) is 12.0. The van der Waals surface area contributed by atoms with E-state index in [0.29, 0.717) is 6.04 Å². The molecule has 14 heavy (non-hydrogen) atoms. The Balaban J connectivity index is 1.92. The van der Waals surface area contributed by atoms with Crippen molar-refractivity contribution < 1.29 is 0 Å². The fourth-order valence-electron chi connectivity index (χ4n) is 2.05. The highest BCUT2D eigenvalue weighted by Crippen LogP contribution is 2.17. The zero-order valence-electron chi connectivity index (χ0n) is 9.81. The lowest BCUT2D eigenvalue weighted by molar-refractivity contribution is 0.342. The third kappa shape index (κ3) is 4.97. The maximum Gasteiger partial charge on any atom is 0.00360 e. The van der Waals surface area contributed by atoms with Gasteiger partial charge in [-0.15, -0.1) is 0 Å². The molecule has 2 heteroatoms. The van der Waals surface area contributed by atoms with Crippen LogP contribution in [0.25, 0.3) is 0 Å². The van der Waals surface area contributed by atoms with E-state index in [0.717, 1.165) is 5.92 Å². The van der Waals surface area contributed by atoms with Gasteiger partial charge >= 0.3 is 0 Å². The highest BCUT2D eigenvalue weighted by atomic mass is 14.9. The van der Waals surface area contributed by atoms with Gasteiger partial charge < -0.3 is 10.6 Å². The summed E-state index contributed by atoms with van der Waals surface area (Å²) >= 11 is 0. The molecule has 1 heterocycles. The third-order valence-corrected chi connectivity index (χ3v) is 3.35. The molecule has 0 amide bonds. The van der Waals surface area contributed by atoms with E-state index in [9.17, 15) is 0 Å². The van der Waals surface area contributed by atoms with Crippen molar-refractivity contribution in [3.05, 3.63) is 0 Å². The summed E-state index contributed by atoms with van der Waals surface area (Å²) in [5.41, 5.74) is 0. The molecule has 0 saturated carbocycles. The van der Waals surface area contributed by atoms with Crippen molar-refractivity contribution in [2.45, 2.75) is 52.0 Å². The van der Waals surface area contributed by atoms with E-state index in [-0.39, 0.29) is 0 Å². The Hall–Kier alpha value is -0.0800. The Labute approximate surface area is 88.8 Å². The van der Waals surface area contributed by atoms with Crippen LogP contribution >= 0.6 is 0 Å². The van der Waals surface area contributed by atoms with E-state index in [1.807, 2.05) is 0 Å². The molecule has 1 aliphatic heterocycles. The van der Waals surface area contributed by atoms with Crippen molar-refractivity contribution >= 4 is 0 Å². The van der Waals surface area contributed by atoms with Crippen molar-refractivity contribution in [1.29, 1.82) is 0 Å². The molecule has 1 aliphatic rings. The number of hydrogen-bond donors (Lipinski definition) is 2. The summed E-state index contributed by atoms with van der Waals surface area (Å²) in [6, 6.07) is 0.697. The Bertz CT molecular complexity index is 130. The standard InChI is InChI=1S/C12H26N2/c1-3-11(2)14-8-4-5-12-6-9-13-10-7-12/h11-14H,3-10H2,1-2H3. The molecule has 84 valence electrons. The summed E-state index contributed by atoms with van der Waals surface area (Å²) < 4.78 is 0. The van der Waals surface area contributed by atoms with Gasteiger partial charge in [-0.1, -0.05) is 6.92 Å². The summed E-state index contributed by atoms with van der Waals surface area (Å²) in [5, 5.41) is 6.97. The van der Waals surface area contributed by atoms with Crippen LogP contribution in [0.15, 0.2) is 0 Å². The fraction of sp³-hybridized carbons (Fsp3) is 1.00. The first-order valence-corrected chi connectivity index (χ1v) is 6.27. The second-order valence-corrected chi connectivity index (χ2v) is 4.60. The lowest BCUT2D eigenvalue weighted by Crippen LogP contribution is -2.29. The van der Waals surface area contributed by atoms with Crippen LogP contribution in [0, 0.1) is 5.92 Å². The van der Waals surface area contributed by atoms with Crippen LogP contribution in [0.1, 0.15) is 46.0 Å². The van der Waals surface area contributed by atoms with Gasteiger partial charge in [-0.25, -0.2) is 0 Å². The van der Waals surface area contributed by atoms with Crippen LogP contribution in [0.3, 0.4) is 0 Å². The second-order valence-electron chi connectivity index (χ2n) is 4.60. The van der Waals surface area contributed by atoms with E-state index < -0.39 is 0 Å². The minimum atomic E-state index is 0.697. The van der Waals surface area contributed by atoms with Crippen molar-refractivity contribution in [3.8, 4) is 0 Å². The third-order valence-electron chi connectivity index (χ3n) is 3.35. The summed E-state index contributed by atoms with van der Waals surface area (Å²) in [7, 11) is 0. The molecule has 1 unspecified atom stereocenters. The number of hydrogen-bond acceptors (Lipinski definition) is 2. The van der Waals surface area contributed by atoms with Crippen LogP contribution in [0.4, 0.5) is 0 Å². The van der Waals surface area contributed by atoms with Crippen LogP contribution in [-0.4, -0.2) is 25.7 Å². The molecule has 1 saturated heterocycles. The molecule has 1 fully saturated rings. The zero-order valence-corrected chi connectivity index (χ0v) is 9.81. The smallest absolute Gasteiger partial charge is 0.00360 e. The Kier molecular flexibility index (Phi) is 6.20. The van der Waals surface area contributed by atoms with Crippen molar-refractivity contribution in [2.75, 3.05) is 19.6 Å². The SMILES string of the molecule is CCC(C)NCCCC1CCNCC1. The molecule has 0 spiro atoms. The van der Waals surface area contributed by atoms with Crippen LogP contribution < -0.4 is 10.6 Å². The summed E-state index contributed by atoms with van der Waals surface area (Å²) in [6.07, 6.45) is 6.81. The Morgan fingerprint density at radius 1 is 1.36 bits per heavy atom. The molecular weight excluding hydrogens is 172 g/mol. The molecule has 0 radical (unpaired) electrons. The minimum absolute atomic E-state index is 0.697. The lowest BCUT2D eigenvalue weighted by atomic mass is 9.93. The Morgan fingerprint density at radius 3 is 2.71 bits per heavy atom. The van der Waals surface area contributed by atoms with Gasteiger partial charge in [0.15, 0.2) is 0 Å². The topological polar surface area (TPSA) is 24.1 Å². The van der Waals surface area contributed by atoms with E-state index in [2.05, 4.69) is 24.5 Å². The largest absolute Gasteiger partial charge is 0.317 e. The van der Waals surface area contributed by atoms with Gasteiger partial charge in [-0.05, 0) is 64.6 Å². The van der Waals surface area contributed by atoms with Crippen molar-refractivity contribution in [3.63, 3.8) is 0 Å². The fourth-order valence-corrected chi connectivity index (χ4v) is 2.05. The van der Waals surface area contributed by atoms with Gasteiger partial charge in [0.25, 0.3) is 0 Å². The highest BCUT2D eigenvalue weighted by molar-refractivity contribution is 4.69. The van der Waals surface area contributed by atoms with Gasteiger partial charge in [0.2, 0.25) is 0 Å². The summed E-state index contributed by atoms with van der Waals surface area (Å²) in [5.74, 6) is 0.995. The van der Waals surface area contributed by atoms with E-state index >= 15 is 0 Å². The molecular formula is C12H26N2. The monoisotopic (exact) mass is 198 g/mol. The first-order valence-electron chi connectivity index (χ1n) is 6.27. The summed E-state index contributed by atoms with van der Waals surface area (Å²) in [6.45, 7) is 8.20. The van der Waals surface area contributed by atoms with E-state index in [1.165, 1.54) is 51.7 Å². The van der Waals surface area contributed by atoms with Gasteiger partial charge in [-0.3, -0.25) is 0 Å². The number of rotatable bonds is 6. The quantitative estimate of drug-likeness (QED) is 0.639. The predicted octanol–water partition coefficient (Wildman–Crippen LogP) is 2.15. The van der Waals surface area contributed by atoms with Crippen LogP contribution in [0.2, 0.25) is 0 Å². The van der Waals surface area contributed by atoms with E-state index in [4.69, 9.17) is 0 Å². The van der Waals surface area contributed by atoms with Crippen molar-refractivity contribution in [1.82, 2.24) is 10.6 Å². The van der Waals surface area contributed by atoms with Gasteiger partial charge in [0.1, 0.15) is 0 Å². The molecule has 0 aliphatic carbocycles. The number of piperidine rings is 1. The van der Waals surface area contributed by atoms with Crippen LogP contribution in [-0.2, 0) is 0 Å². The molecule has 1 rings (SSSR count). The maximum atomic E-state index is 3.56. The first-order chi connectivity index (χ1) is 6.83. The van der Waals surface area contributed by atoms with Gasteiger partial charge in [0, 0.05) is 6.04 Å². The lowest BCUT2D eigenvalue weighted by Gasteiger charge is -2.22. The van der Waals surface area contributed by atoms with Gasteiger partial charge in [0.05, 0.1) is 0 Å². The number of nitrogens with one attached hydrogen (secondary N) is 2. The maximum absolute atomic E-state index is 3.56. The predicted molar refractivity (Wildman–Crippen MR) is 62.6 cm³/mol. The zero-order chi connectivity index (χ0) is 10.2. The minimum Gasteiger partial charge on any atom is -0.317 e. The molecule has 0 aromatic heterocycles. The van der Waals surface area contributed by atoms with Crippen LogP contribution in [0.5, 0.6) is 0 Å². The Morgan fingerprint density at radius 2 is 2.07 bits per heavy atom. The average Bonchev–Trinajstić information content (AvgIpc) is 2.25. The highest BCUT2D eigenvalue weighted by Gasteiger charge is 2.11. The van der Waals surface area contributed by atoms with Gasteiger partial charge in [-0.2, -0.15) is 0 Å². The molecule has 0 bridgehead atoms. The molecule has 0 aromatic rings. The molecule has 2 N–H and O–H groups in total. The summed E-state index contributed by atoms with van der Waals surface area (Å²) in [4.78, 5) is 0. The molecule has 2 nitrogen and oxygen atoms in total. The second kappa shape index (κ2) is 7.24. The van der Waals surface area contributed by atoms with Crippen molar-refractivity contribution in [2.24, 2.45) is 5.92 Å². The van der Waals surface area contributed by atoms with E-state index in [1.54, 1.807) is 0 Å². The molecule has 0 aromatic carbocycles. The normalized spacial score (nSPS) is 21.0. The molecule has 1 atom stereocenters.